The van der Waals surface area contributed by atoms with Crippen molar-refractivity contribution in [1.82, 2.24) is 14.7 Å². The molecule has 0 aliphatic carbocycles. The van der Waals surface area contributed by atoms with Gasteiger partial charge < -0.3 is 9.64 Å². The molecular weight excluding hydrogens is 397 g/mol. The number of benzene rings is 1. The Hall–Kier alpha value is -2.41. The first-order valence-corrected chi connectivity index (χ1v) is 9.83. The largest absolute Gasteiger partial charge is 0.455 e. The van der Waals surface area contributed by atoms with Gasteiger partial charge in [0.05, 0.1) is 12.1 Å². The Bertz CT molecular complexity index is 875. The number of nitrogens with zero attached hydrogens (tertiary/aromatic N) is 3. The lowest BCUT2D eigenvalue weighted by Crippen LogP contribution is -2.31. The smallest absolute Gasteiger partial charge is 0.310 e. The van der Waals surface area contributed by atoms with Crippen molar-refractivity contribution in [3.8, 4) is 0 Å². The third-order valence-electron chi connectivity index (χ3n) is 4.63. The molecule has 1 amide bonds. The summed E-state index contributed by atoms with van der Waals surface area (Å²) in [5.74, 6) is -1.00. The molecule has 0 aliphatic heterocycles. The van der Waals surface area contributed by atoms with Gasteiger partial charge in [-0.1, -0.05) is 31.5 Å². The van der Waals surface area contributed by atoms with Crippen molar-refractivity contribution >= 4 is 23.5 Å². The lowest BCUT2D eigenvalue weighted by atomic mass is 10.1. The summed E-state index contributed by atoms with van der Waals surface area (Å²) in [5.41, 5.74) is 2.73. The number of ether oxygens (including phenoxy) is 1. The first kappa shape index (κ1) is 22.9. The third-order valence-corrected chi connectivity index (χ3v) is 4.98. The molecule has 0 bridgehead atoms. The quantitative estimate of drug-likeness (QED) is 0.607. The lowest BCUT2D eigenvalue weighted by Gasteiger charge is -2.18. The highest BCUT2D eigenvalue weighted by Gasteiger charge is 2.19. The van der Waals surface area contributed by atoms with Gasteiger partial charge in [-0.05, 0) is 31.9 Å². The molecule has 1 aromatic heterocycles. The van der Waals surface area contributed by atoms with Gasteiger partial charge in [-0.25, -0.2) is 4.39 Å². The Morgan fingerprint density at radius 2 is 1.97 bits per heavy atom. The molecule has 0 radical (unpaired) electrons. The van der Waals surface area contributed by atoms with E-state index in [9.17, 15) is 14.0 Å². The molecule has 0 unspecified atom stereocenters. The second-order valence-electron chi connectivity index (χ2n) is 7.51. The van der Waals surface area contributed by atoms with Crippen molar-refractivity contribution in [2.45, 2.75) is 47.2 Å². The van der Waals surface area contributed by atoms with Crippen LogP contribution >= 0.6 is 11.6 Å². The van der Waals surface area contributed by atoms with Crippen LogP contribution in [-0.4, -0.2) is 40.2 Å². The molecule has 0 spiro atoms. The standard InChI is InChI=1S/C21H27ClFN3O3/c1-13(2)10-26-15(4)16(14(3)24-26)9-21(28)29-12-20(27)25(5)11-17-18(22)7-6-8-19(17)23/h6-8,13H,9-12H2,1-5H3. The lowest BCUT2D eigenvalue weighted by molar-refractivity contribution is -0.151. The molecule has 2 aromatic rings. The summed E-state index contributed by atoms with van der Waals surface area (Å²) in [4.78, 5) is 25.8. The van der Waals surface area contributed by atoms with Crippen LogP contribution in [0.3, 0.4) is 0 Å². The van der Waals surface area contributed by atoms with Crippen molar-refractivity contribution in [1.29, 1.82) is 0 Å². The number of hydrogen-bond acceptors (Lipinski definition) is 4. The van der Waals surface area contributed by atoms with Crippen molar-refractivity contribution < 1.29 is 18.7 Å². The highest BCUT2D eigenvalue weighted by molar-refractivity contribution is 6.31. The number of carbonyl (C=O) groups excluding carboxylic acids is 2. The van der Waals surface area contributed by atoms with Crippen LogP contribution in [0.15, 0.2) is 18.2 Å². The Balaban J connectivity index is 1.92. The van der Waals surface area contributed by atoms with E-state index in [0.29, 0.717) is 5.92 Å². The normalized spacial score (nSPS) is 11.0. The number of hydrogen-bond donors (Lipinski definition) is 0. The van der Waals surface area contributed by atoms with Gasteiger partial charge in [0.25, 0.3) is 5.91 Å². The number of amides is 1. The van der Waals surface area contributed by atoms with Crippen molar-refractivity contribution in [2.75, 3.05) is 13.7 Å². The second-order valence-corrected chi connectivity index (χ2v) is 7.92. The number of esters is 1. The SMILES string of the molecule is Cc1nn(CC(C)C)c(C)c1CC(=O)OCC(=O)N(C)Cc1c(F)cccc1Cl. The van der Waals surface area contributed by atoms with Crippen molar-refractivity contribution in [3.05, 3.63) is 51.6 Å². The van der Waals surface area contributed by atoms with Crippen LogP contribution in [-0.2, 0) is 33.8 Å². The summed E-state index contributed by atoms with van der Waals surface area (Å²) in [6.45, 7) is 8.30. The highest BCUT2D eigenvalue weighted by Crippen LogP contribution is 2.20. The minimum Gasteiger partial charge on any atom is -0.455 e. The van der Waals surface area contributed by atoms with E-state index in [-0.39, 0.29) is 23.6 Å². The summed E-state index contributed by atoms with van der Waals surface area (Å²) in [5, 5.41) is 4.72. The van der Waals surface area contributed by atoms with Crippen LogP contribution in [0.2, 0.25) is 5.02 Å². The maximum atomic E-state index is 13.9. The number of aryl methyl sites for hydroxylation is 1. The molecule has 0 saturated carbocycles. The molecule has 0 aliphatic rings. The molecule has 8 heteroatoms. The number of likely N-dealkylation sites (N-methyl/N-ethyl adjacent to an activating group) is 1. The zero-order valence-corrected chi connectivity index (χ0v) is 18.2. The first-order chi connectivity index (χ1) is 13.6. The Morgan fingerprint density at radius 3 is 2.59 bits per heavy atom. The second kappa shape index (κ2) is 9.87. The van der Waals surface area contributed by atoms with Crippen LogP contribution in [0.4, 0.5) is 4.39 Å². The number of halogens is 2. The van der Waals surface area contributed by atoms with Gasteiger partial charge in [0, 0.05) is 42.0 Å². The molecule has 0 atom stereocenters. The van der Waals surface area contributed by atoms with E-state index in [1.54, 1.807) is 6.07 Å². The van der Waals surface area contributed by atoms with Gasteiger partial charge in [0.2, 0.25) is 0 Å². The van der Waals surface area contributed by atoms with Crippen molar-refractivity contribution in [3.63, 3.8) is 0 Å². The maximum absolute atomic E-state index is 13.9. The number of rotatable bonds is 8. The van der Waals surface area contributed by atoms with E-state index in [0.717, 1.165) is 23.5 Å². The maximum Gasteiger partial charge on any atom is 0.310 e. The fraction of sp³-hybridized carbons (Fsp3) is 0.476. The van der Waals surface area contributed by atoms with E-state index in [1.807, 2.05) is 18.5 Å². The van der Waals surface area contributed by atoms with Crippen LogP contribution in [0.1, 0.15) is 36.4 Å². The number of aromatic nitrogens is 2. The monoisotopic (exact) mass is 423 g/mol. The third kappa shape index (κ3) is 6.03. The zero-order valence-electron chi connectivity index (χ0n) is 17.5. The minimum atomic E-state index is -0.508. The highest BCUT2D eigenvalue weighted by atomic mass is 35.5. The number of carbonyl (C=O) groups is 2. The Kier molecular flexibility index (Phi) is 7.79. The van der Waals surface area contributed by atoms with Crippen LogP contribution in [0, 0.1) is 25.6 Å². The van der Waals surface area contributed by atoms with Gasteiger partial charge in [0.15, 0.2) is 6.61 Å². The molecule has 158 valence electrons. The fourth-order valence-electron chi connectivity index (χ4n) is 2.97. The fourth-order valence-corrected chi connectivity index (χ4v) is 3.19. The van der Waals surface area contributed by atoms with Gasteiger partial charge in [-0.3, -0.25) is 14.3 Å². The van der Waals surface area contributed by atoms with E-state index >= 15 is 0 Å². The van der Waals surface area contributed by atoms with Crippen LogP contribution < -0.4 is 0 Å². The van der Waals surface area contributed by atoms with Gasteiger partial charge >= 0.3 is 5.97 Å². The molecule has 1 aromatic carbocycles. The molecule has 2 rings (SSSR count). The van der Waals surface area contributed by atoms with E-state index < -0.39 is 24.3 Å². The van der Waals surface area contributed by atoms with Gasteiger partial charge in [-0.15, -0.1) is 0 Å². The summed E-state index contributed by atoms with van der Waals surface area (Å²) < 4.78 is 20.9. The Morgan fingerprint density at radius 1 is 1.28 bits per heavy atom. The zero-order chi connectivity index (χ0) is 21.7. The van der Waals surface area contributed by atoms with E-state index in [4.69, 9.17) is 16.3 Å². The van der Waals surface area contributed by atoms with Gasteiger partial charge in [-0.2, -0.15) is 5.10 Å². The van der Waals surface area contributed by atoms with Crippen molar-refractivity contribution in [2.24, 2.45) is 5.92 Å². The molecule has 0 N–H and O–H groups in total. The summed E-state index contributed by atoms with van der Waals surface area (Å²) in [7, 11) is 1.50. The predicted octanol–water partition coefficient (Wildman–Crippen LogP) is 3.69. The molecule has 0 fully saturated rings. The summed E-state index contributed by atoms with van der Waals surface area (Å²) in [6.07, 6.45) is 0.0475. The average molecular weight is 424 g/mol. The van der Waals surface area contributed by atoms with Crippen LogP contribution in [0.25, 0.3) is 0 Å². The summed E-state index contributed by atoms with van der Waals surface area (Å²) >= 11 is 5.99. The van der Waals surface area contributed by atoms with Crippen LogP contribution in [0.5, 0.6) is 0 Å². The predicted molar refractivity (Wildman–Crippen MR) is 109 cm³/mol. The minimum absolute atomic E-state index is 0.0118. The van der Waals surface area contributed by atoms with Gasteiger partial charge in [0.1, 0.15) is 5.82 Å². The summed E-state index contributed by atoms with van der Waals surface area (Å²) in [6, 6.07) is 4.34. The molecule has 29 heavy (non-hydrogen) atoms. The first-order valence-electron chi connectivity index (χ1n) is 9.45. The molecular formula is C21H27ClFN3O3. The average Bonchev–Trinajstić information content (AvgIpc) is 2.89. The molecule has 1 heterocycles. The van der Waals surface area contributed by atoms with E-state index in [2.05, 4.69) is 18.9 Å². The van der Waals surface area contributed by atoms with E-state index in [1.165, 1.54) is 24.1 Å². The molecule has 6 nitrogen and oxygen atoms in total. The Labute approximate surface area is 175 Å². The topological polar surface area (TPSA) is 64.4 Å². The molecule has 0 saturated heterocycles.